The molecule has 5 nitrogen and oxygen atoms in total. The molecule has 100 valence electrons. The highest BCUT2D eigenvalue weighted by atomic mass is 79.9. The summed E-state index contributed by atoms with van der Waals surface area (Å²) in [5.41, 5.74) is 8.67. The summed E-state index contributed by atoms with van der Waals surface area (Å²) in [6.07, 6.45) is 0. The fraction of sp³-hybridized carbons (Fsp3) is 0.308. The number of aromatic nitrogens is 2. The number of anilines is 1. The van der Waals surface area contributed by atoms with Crippen molar-refractivity contribution < 1.29 is 9.47 Å². The van der Waals surface area contributed by atoms with Crippen molar-refractivity contribution in [3.63, 3.8) is 0 Å². The van der Waals surface area contributed by atoms with Gasteiger partial charge in [0.25, 0.3) is 0 Å². The zero-order valence-corrected chi connectivity index (χ0v) is 12.3. The fourth-order valence-electron chi connectivity index (χ4n) is 2.18. The Labute approximate surface area is 119 Å². The molecule has 0 amide bonds. The van der Waals surface area contributed by atoms with Gasteiger partial charge in [0.15, 0.2) is 11.5 Å². The highest BCUT2D eigenvalue weighted by Gasteiger charge is 2.22. The van der Waals surface area contributed by atoms with Crippen LogP contribution in [0, 0.1) is 6.92 Å². The standard InChI is InChI=1S/C13H14BrN3O2/c1-7-8(10-6-11(15)17(2)16-10)5-9(14)13-12(7)18-3-4-19-13/h5-6H,3-4,15H2,1-2H3. The average molecular weight is 324 g/mol. The average Bonchev–Trinajstić information content (AvgIpc) is 2.74. The fourth-order valence-corrected chi connectivity index (χ4v) is 2.70. The van der Waals surface area contributed by atoms with Crippen LogP contribution in [0.4, 0.5) is 5.82 Å². The molecular weight excluding hydrogens is 310 g/mol. The van der Waals surface area contributed by atoms with E-state index in [-0.39, 0.29) is 0 Å². The first kappa shape index (κ1) is 12.3. The van der Waals surface area contributed by atoms with Gasteiger partial charge in [-0.2, -0.15) is 5.10 Å². The summed E-state index contributed by atoms with van der Waals surface area (Å²) in [6, 6.07) is 3.84. The van der Waals surface area contributed by atoms with Gasteiger partial charge in [0.1, 0.15) is 19.0 Å². The van der Waals surface area contributed by atoms with Crippen molar-refractivity contribution in [1.82, 2.24) is 9.78 Å². The molecule has 0 spiro atoms. The molecule has 0 saturated heterocycles. The zero-order valence-electron chi connectivity index (χ0n) is 10.7. The van der Waals surface area contributed by atoms with Gasteiger partial charge >= 0.3 is 0 Å². The van der Waals surface area contributed by atoms with Gasteiger partial charge in [0.05, 0.1) is 10.2 Å². The molecule has 0 unspecified atom stereocenters. The topological polar surface area (TPSA) is 62.3 Å². The Morgan fingerprint density at radius 2 is 1.95 bits per heavy atom. The third-order valence-corrected chi connectivity index (χ3v) is 3.80. The van der Waals surface area contributed by atoms with E-state index in [2.05, 4.69) is 21.0 Å². The Morgan fingerprint density at radius 1 is 1.26 bits per heavy atom. The van der Waals surface area contributed by atoms with E-state index in [1.54, 1.807) is 4.68 Å². The smallest absolute Gasteiger partial charge is 0.175 e. The molecule has 2 N–H and O–H groups in total. The van der Waals surface area contributed by atoms with Crippen LogP contribution >= 0.6 is 15.9 Å². The quantitative estimate of drug-likeness (QED) is 0.875. The Kier molecular flexibility index (Phi) is 2.89. The van der Waals surface area contributed by atoms with Crippen LogP contribution in [-0.2, 0) is 7.05 Å². The largest absolute Gasteiger partial charge is 0.486 e. The zero-order chi connectivity index (χ0) is 13.6. The van der Waals surface area contributed by atoms with Gasteiger partial charge in [-0.15, -0.1) is 0 Å². The van der Waals surface area contributed by atoms with Gasteiger partial charge in [-0.3, -0.25) is 4.68 Å². The number of hydrogen-bond acceptors (Lipinski definition) is 4. The molecule has 2 aromatic rings. The third kappa shape index (κ3) is 1.96. The van der Waals surface area contributed by atoms with E-state index in [0.717, 1.165) is 32.8 Å². The van der Waals surface area contributed by atoms with E-state index in [9.17, 15) is 0 Å². The lowest BCUT2D eigenvalue weighted by molar-refractivity contribution is 0.169. The summed E-state index contributed by atoms with van der Waals surface area (Å²) >= 11 is 3.52. The number of halogens is 1. The van der Waals surface area contributed by atoms with Crippen LogP contribution in [0.2, 0.25) is 0 Å². The number of nitrogens with two attached hydrogens (primary N) is 1. The molecule has 2 heterocycles. The highest BCUT2D eigenvalue weighted by Crippen LogP contribution is 2.44. The van der Waals surface area contributed by atoms with Crippen LogP contribution in [-0.4, -0.2) is 23.0 Å². The number of nitrogen functional groups attached to an aromatic ring is 1. The summed E-state index contributed by atoms with van der Waals surface area (Å²) in [7, 11) is 1.82. The normalized spacial score (nSPS) is 13.6. The molecule has 1 aliphatic heterocycles. The highest BCUT2D eigenvalue weighted by molar-refractivity contribution is 9.10. The second-order valence-corrected chi connectivity index (χ2v) is 5.32. The van der Waals surface area contributed by atoms with Crippen molar-refractivity contribution in [3.05, 3.63) is 22.2 Å². The van der Waals surface area contributed by atoms with Crippen molar-refractivity contribution in [3.8, 4) is 22.8 Å². The Morgan fingerprint density at radius 3 is 2.58 bits per heavy atom. The molecule has 0 saturated carbocycles. The molecule has 1 aromatic heterocycles. The lowest BCUT2D eigenvalue weighted by Crippen LogP contribution is -2.16. The van der Waals surface area contributed by atoms with Crippen molar-refractivity contribution in [2.24, 2.45) is 7.05 Å². The van der Waals surface area contributed by atoms with Crippen LogP contribution in [0.1, 0.15) is 5.56 Å². The Hall–Kier alpha value is -1.69. The van der Waals surface area contributed by atoms with Crippen molar-refractivity contribution in [2.45, 2.75) is 6.92 Å². The number of nitrogens with zero attached hydrogens (tertiary/aromatic N) is 2. The number of benzene rings is 1. The molecule has 19 heavy (non-hydrogen) atoms. The predicted octanol–water partition coefficient (Wildman–Crippen LogP) is 2.51. The Balaban J connectivity index is 2.19. The van der Waals surface area contributed by atoms with Crippen LogP contribution in [0.3, 0.4) is 0 Å². The van der Waals surface area contributed by atoms with Gasteiger partial charge in [0.2, 0.25) is 0 Å². The second-order valence-electron chi connectivity index (χ2n) is 4.46. The van der Waals surface area contributed by atoms with Gasteiger partial charge in [-0.1, -0.05) is 0 Å². The van der Waals surface area contributed by atoms with E-state index in [0.29, 0.717) is 19.0 Å². The lowest BCUT2D eigenvalue weighted by atomic mass is 10.0. The summed E-state index contributed by atoms with van der Waals surface area (Å²) in [5.74, 6) is 2.16. The van der Waals surface area contributed by atoms with E-state index < -0.39 is 0 Å². The molecule has 0 radical (unpaired) electrons. The Bertz CT molecular complexity index is 632. The first-order chi connectivity index (χ1) is 9.08. The van der Waals surface area contributed by atoms with Gasteiger partial charge in [-0.25, -0.2) is 0 Å². The van der Waals surface area contributed by atoms with Gasteiger partial charge in [0, 0.05) is 24.2 Å². The maximum atomic E-state index is 5.84. The van der Waals surface area contributed by atoms with Gasteiger partial charge < -0.3 is 15.2 Å². The molecule has 1 aliphatic rings. The second kappa shape index (κ2) is 4.45. The number of fused-ring (bicyclic) bond motifs is 1. The van der Waals surface area contributed by atoms with E-state index in [1.165, 1.54) is 0 Å². The molecule has 6 heteroatoms. The monoisotopic (exact) mass is 323 g/mol. The lowest BCUT2D eigenvalue weighted by Gasteiger charge is -2.22. The van der Waals surface area contributed by atoms with Crippen molar-refractivity contribution in [1.29, 1.82) is 0 Å². The van der Waals surface area contributed by atoms with E-state index >= 15 is 0 Å². The molecule has 3 rings (SSSR count). The number of hydrogen-bond donors (Lipinski definition) is 1. The molecular formula is C13H14BrN3O2. The summed E-state index contributed by atoms with van der Waals surface area (Å²) in [6.45, 7) is 3.13. The number of rotatable bonds is 1. The predicted molar refractivity (Wildman–Crippen MR) is 76.5 cm³/mol. The number of ether oxygens (including phenoxy) is 2. The maximum Gasteiger partial charge on any atom is 0.175 e. The van der Waals surface area contributed by atoms with Gasteiger partial charge in [-0.05, 0) is 28.9 Å². The van der Waals surface area contributed by atoms with Crippen LogP contribution in [0.5, 0.6) is 11.5 Å². The van der Waals surface area contributed by atoms with Crippen LogP contribution in [0.25, 0.3) is 11.3 Å². The summed E-state index contributed by atoms with van der Waals surface area (Å²) < 4.78 is 13.9. The first-order valence-corrected chi connectivity index (χ1v) is 6.76. The third-order valence-electron chi connectivity index (χ3n) is 3.21. The minimum Gasteiger partial charge on any atom is -0.486 e. The van der Waals surface area contributed by atoms with Crippen molar-refractivity contribution >= 4 is 21.7 Å². The van der Waals surface area contributed by atoms with E-state index in [4.69, 9.17) is 15.2 Å². The van der Waals surface area contributed by atoms with E-state index in [1.807, 2.05) is 26.1 Å². The molecule has 1 aromatic carbocycles. The molecule has 0 bridgehead atoms. The molecule has 0 aliphatic carbocycles. The number of aryl methyl sites for hydroxylation is 1. The minimum atomic E-state index is 0.564. The SMILES string of the molecule is Cc1c(-c2cc(N)n(C)n2)cc(Br)c2c1OCCO2. The summed E-state index contributed by atoms with van der Waals surface area (Å²) in [4.78, 5) is 0. The summed E-state index contributed by atoms with van der Waals surface area (Å²) in [5, 5.41) is 4.41. The molecule has 0 atom stereocenters. The van der Waals surface area contributed by atoms with Crippen LogP contribution in [0.15, 0.2) is 16.6 Å². The minimum absolute atomic E-state index is 0.564. The maximum absolute atomic E-state index is 5.84. The molecule has 0 fully saturated rings. The van der Waals surface area contributed by atoms with Crippen molar-refractivity contribution in [2.75, 3.05) is 18.9 Å². The van der Waals surface area contributed by atoms with Crippen LogP contribution < -0.4 is 15.2 Å². The first-order valence-electron chi connectivity index (χ1n) is 5.96.